The number of methoxy groups -OCH3 is 1. The quantitative estimate of drug-likeness (QED) is 0.607. The number of nitrogens with one attached hydrogen (secondary N) is 1. The predicted octanol–water partition coefficient (Wildman–Crippen LogP) is 4.05. The number of hydrogen-bond donors (Lipinski definition) is 1. The van der Waals surface area contributed by atoms with Crippen LogP contribution in [0.5, 0.6) is 11.5 Å². The third-order valence-electron chi connectivity index (χ3n) is 6.34. The average molecular weight is 436 g/mol. The first-order valence-corrected chi connectivity index (χ1v) is 10.7. The van der Waals surface area contributed by atoms with E-state index in [0.29, 0.717) is 46.2 Å². The molecule has 0 bridgehead atoms. The van der Waals surface area contributed by atoms with Crippen LogP contribution < -0.4 is 14.8 Å². The first-order chi connectivity index (χ1) is 17.0. The van der Waals surface area contributed by atoms with Crippen molar-refractivity contribution in [2.24, 2.45) is 0 Å². The molecule has 166 valence electrons. The van der Waals surface area contributed by atoms with Crippen molar-refractivity contribution in [2.45, 2.75) is 37.7 Å². The van der Waals surface area contributed by atoms with E-state index in [0.717, 1.165) is 13.0 Å². The van der Waals surface area contributed by atoms with Crippen LogP contribution in [0.2, 0.25) is 0 Å². The molecule has 1 aliphatic heterocycles. The van der Waals surface area contributed by atoms with Crippen molar-refractivity contribution >= 4 is 16.8 Å². The molecule has 6 heteroatoms. The largest absolute Gasteiger partial charge is 0.497 e. The second kappa shape index (κ2) is 8.10. The van der Waals surface area contributed by atoms with E-state index in [2.05, 4.69) is 15.2 Å². The van der Waals surface area contributed by atoms with Crippen molar-refractivity contribution in [1.29, 1.82) is 0 Å². The van der Waals surface area contributed by atoms with Gasteiger partial charge in [0.2, 0.25) is 0 Å². The van der Waals surface area contributed by atoms with Crippen molar-refractivity contribution in [3.63, 3.8) is 0 Å². The Balaban J connectivity index is 1.53. The maximum atomic E-state index is 13.6. The van der Waals surface area contributed by atoms with Crippen LogP contribution in [-0.4, -0.2) is 49.1 Å². The number of benzene rings is 2. The standard InChI is InChI=1S/C26H29N3O3/c1-17-6-7-19(32-16-18-8-12-29(18)2)13-22(17)25(30)28-26(9-10-26)23-14-20(31-3)15-24-21(23)5-4-11-27-24/h4-7,11,13-15,18H,8-10,12,16H2,1-3H3,(H,28,30)/t18-/m0/s1/i9D2,10D2. The molecule has 1 N–H and O–H groups in total. The number of likely N-dealkylation sites (N-methyl/N-ethyl adjacent to an activating group) is 1. The SMILES string of the molecule is [2H]C1([2H])C([2H])([2H])C1(NC(=O)c1cc(OC[C@@H]2CCN2C)ccc1C)c1cc(OC)cc2ncccc12. The van der Waals surface area contributed by atoms with Crippen LogP contribution in [0, 0.1) is 6.92 Å². The fourth-order valence-electron chi connectivity index (χ4n) is 4.06. The number of carbonyl (C=O) groups is 1. The molecular weight excluding hydrogens is 402 g/mol. The van der Waals surface area contributed by atoms with Gasteiger partial charge in [0.05, 0.1) is 18.2 Å². The van der Waals surface area contributed by atoms with Gasteiger partial charge in [-0.2, -0.15) is 0 Å². The molecule has 0 radical (unpaired) electrons. The third-order valence-corrected chi connectivity index (χ3v) is 6.34. The number of carbonyl (C=O) groups excluding carboxylic acids is 1. The Labute approximate surface area is 194 Å². The molecule has 1 saturated carbocycles. The lowest BCUT2D eigenvalue weighted by Gasteiger charge is -2.37. The summed E-state index contributed by atoms with van der Waals surface area (Å²) in [6, 6.07) is 12.3. The van der Waals surface area contributed by atoms with Crippen LogP contribution in [0.3, 0.4) is 0 Å². The van der Waals surface area contributed by atoms with Crippen molar-refractivity contribution in [1.82, 2.24) is 15.2 Å². The minimum Gasteiger partial charge on any atom is -0.497 e. The first kappa shape index (κ1) is 16.5. The molecule has 2 aromatic carbocycles. The minimum absolute atomic E-state index is 0.284. The van der Waals surface area contributed by atoms with E-state index in [4.69, 9.17) is 15.0 Å². The van der Waals surface area contributed by atoms with Crippen LogP contribution in [0.25, 0.3) is 10.9 Å². The molecule has 6 nitrogen and oxygen atoms in total. The zero-order valence-electron chi connectivity index (χ0n) is 22.4. The summed E-state index contributed by atoms with van der Waals surface area (Å²) < 4.78 is 45.7. The number of aromatic nitrogens is 1. The normalized spacial score (nSPS) is 24.3. The number of pyridine rings is 1. The molecule has 1 saturated heterocycles. The molecular formula is C26H29N3O3. The van der Waals surface area contributed by atoms with Gasteiger partial charge in [-0.05, 0) is 75.1 Å². The zero-order chi connectivity index (χ0) is 25.9. The molecule has 0 spiro atoms. The highest BCUT2D eigenvalue weighted by atomic mass is 16.5. The molecule has 32 heavy (non-hydrogen) atoms. The summed E-state index contributed by atoms with van der Waals surface area (Å²) in [5.74, 6) is 0.359. The Morgan fingerprint density at radius 3 is 2.81 bits per heavy atom. The maximum absolute atomic E-state index is 13.6. The Kier molecular flexibility index (Phi) is 4.18. The number of amides is 1. The van der Waals surface area contributed by atoms with Gasteiger partial charge in [0.25, 0.3) is 5.91 Å². The number of rotatable bonds is 7. The summed E-state index contributed by atoms with van der Waals surface area (Å²) in [4.78, 5) is 20.2. The van der Waals surface area contributed by atoms with Gasteiger partial charge in [-0.25, -0.2) is 0 Å². The summed E-state index contributed by atoms with van der Waals surface area (Å²) in [5.41, 5.74) is -0.157. The number of aryl methyl sites for hydroxylation is 1. The van der Waals surface area contributed by atoms with Crippen LogP contribution in [-0.2, 0) is 5.54 Å². The van der Waals surface area contributed by atoms with E-state index in [1.54, 1.807) is 55.6 Å². The molecule has 1 aliphatic carbocycles. The lowest BCUT2D eigenvalue weighted by atomic mass is 9.97. The minimum atomic E-state index is -2.37. The predicted molar refractivity (Wildman–Crippen MR) is 124 cm³/mol. The summed E-state index contributed by atoms with van der Waals surface area (Å²) in [6.07, 6.45) is -2.09. The first-order valence-electron chi connectivity index (χ1n) is 12.7. The monoisotopic (exact) mass is 435 g/mol. The number of ether oxygens (including phenoxy) is 2. The summed E-state index contributed by atoms with van der Waals surface area (Å²) >= 11 is 0. The fraction of sp³-hybridized carbons (Fsp3) is 0.385. The average Bonchev–Trinajstić information content (AvgIpc) is 3.20. The molecule has 1 aromatic heterocycles. The van der Waals surface area contributed by atoms with E-state index in [1.807, 2.05) is 7.05 Å². The summed E-state index contributed by atoms with van der Waals surface area (Å²) in [6.45, 7) is 3.33. The maximum Gasteiger partial charge on any atom is 0.252 e. The van der Waals surface area contributed by atoms with Gasteiger partial charge in [0.1, 0.15) is 18.1 Å². The van der Waals surface area contributed by atoms with Gasteiger partial charge < -0.3 is 14.8 Å². The lowest BCUT2D eigenvalue weighted by molar-refractivity contribution is 0.0767. The zero-order valence-corrected chi connectivity index (χ0v) is 18.4. The van der Waals surface area contributed by atoms with E-state index < -0.39 is 24.2 Å². The fourth-order valence-corrected chi connectivity index (χ4v) is 4.06. The highest BCUT2D eigenvalue weighted by Gasteiger charge is 2.47. The molecule has 2 aliphatic rings. The van der Waals surface area contributed by atoms with E-state index in [1.165, 1.54) is 7.11 Å². The highest BCUT2D eigenvalue weighted by Crippen LogP contribution is 2.49. The number of fused-ring (bicyclic) bond motifs is 1. The molecule has 3 aromatic rings. The number of hydrogen-bond acceptors (Lipinski definition) is 5. The number of likely N-dealkylation sites (tertiary alicyclic amines) is 1. The summed E-state index contributed by atoms with van der Waals surface area (Å²) in [7, 11) is 3.52. The van der Waals surface area contributed by atoms with Gasteiger partial charge in [-0.3, -0.25) is 14.7 Å². The van der Waals surface area contributed by atoms with Crippen molar-refractivity contribution < 1.29 is 19.8 Å². The number of nitrogens with zero attached hydrogens (tertiary/aromatic N) is 2. The van der Waals surface area contributed by atoms with Gasteiger partial charge in [-0.1, -0.05) is 12.1 Å². The van der Waals surface area contributed by atoms with Crippen LogP contribution in [0.4, 0.5) is 0 Å². The van der Waals surface area contributed by atoms with Gasteiger partial charge in [0.15, 0.2) is 0 Å². The topological polar surface area (TPSA) is 63.7 Å². The second-order valence-electron chi connectivity index (χ2n) is 8.41. The van der Waals surface area contributed by atoms with E-state index in [9.17, 15) is 4.79 Å². The van der Waals surface area contributed by atoms with Crippen molar-refractivity contribution in [2.75, 3.05) is 27.3 Å². The summed E-state index contributed by atoms with van der Waals surface area (Å²) in [5, 5.41) is 3.29. The van der Waals surface area contributed by atoms with Crippen LogP contribution in [0.1, 0.15) is 46.1 Å². The van der Waals surface area contributed by atoms with Gasteiger partial charge in [-0.15, -0.1) is 0 Å². The molecule has 5 rings (SSSR count). The Bertz CT molecular complexity index is 1330. The molecule has 2 heterocycles. The molecule has 1 amide bonds. The Morgan fingerprint density at radius 2 is 2.12 bits per heavy atom. The van der Waals surface area contributed by atoms with Crippen molar-refractivity contribution in [3.8, 4) is 11.5 Å². The van der Waals surface area contributed by atoms with E-state index in [-0.39, 0.29) is 5.56 Å². The smallest absolute Gasteiger partial charge is 0.252 e. The van der Waals surface area contributed by atoms with Crippen LogP contribution in [0.15, 0.2) is 48.7 Å². The van der Waals surface area contributed by atoms with Crippen molar-refractivity contribution in [3.05, 3.63) is 65.4 Å². The molecule has 0 unspecified atom stereocenters. The second-order valence-corrected chi connectivity index (χ2v) is 8.41. The van der Waals surface area contributed by atoms with E-state index >= 15 is 0 Å². The molecule has 2 fully saturated rings. The Morgan fingerprint density at radius 1 is 1.28 bits per heavy atom. The lowest BCUT2D eigenvalue weighted by Crippen LogP contribution is -2.48. The third kappa shape index (κ3) is 3.79. The highest BCUT2D eigenvalue weighted by molar-refractivity contribution is 5.97. The molecule has 1 atom stereocenters. The Hall–Kier alpha value is -3.12. The van der Waals surface area contributed by atoms with Gasteiger partial charge >= 0.3 is 0 Å². The van der Waals surface area contributed by atoms with Gasteiger partial charge in [0, 0.05) is 34.7 Å². The van der Waals surface area contributed by atoms with Crippen LogP contribution >= 0.6 is 0 Å².